The number of aryl methyl sites for hydroxylation is 1. The summed E-state index contributed by atoms with van der Waals surface area (Å²) in [6.45, 7) is 1.97. The molecule has 25 heavy (non-hydrogen) atoms. The van der Waals surface area contributed by atoms with E-state index in [1.165, 1.54) is 0 Å². The van der Waals surface area contributed by atoms with Crippen molar-refractivity contribution in [2.75, 3.05) is 12.4 Å². The zero-order chi connectivity index (χ0) is 17.6. The van der Waals surface area contributed by atoms with Crippen LogP contribution in [-0.4, -0.2) is 28.5 Å². The number of nitrogens with one attached hydrogen (secondary N) is 1. The van der Waals surface area contributed by atoms with Gasteiger partial charge in [0.05, 0.1) is 13.0 Å². The lowest BCUT2D eigenvalue weighted by Gasteiger charge is -2.18. The highest BCUT2D eigenvalue weighted by Gasteiger charge is 2.22. The second kappa shape index (κ2) is 7.57. The third-order valence-corrected chi connectivity index (χ3v) is 3.86. The van der Waals surface area contributed by atoms with Crippen LogP contribution in [0.5, 0.6) is 5.75 Å². The molecule has 1 amide bonds. The Balaban J connectivity index is 1.86. The van der Waals surface area contributed by atoms with Crippen molar-refractivity contribution in [1.82, 2.24) is 20.6 Å². The third kappa shape index (κ3) is 4.00. The van der Waals surface area contributed by atoms with E-state index in [1.807, 2.05) is 55.5 Å². The third-order valence-electron chi connectivity index (χ3n) is 3.86. The van der Waals surface area contributed by atoms with Gasteiger partial charge in [0, 0.05) is 11.5 Å². The number of amides is 1. The number of anilines is 1. The van der Waals surface area contributed by atoms with Gasteiger partial charge in [0.1, 0.15) is 5.75 Å². The number of rotatable bonds is 6. The van der Waals surface area contributed by atoms with E-state index in [0.717, 1.165) is 16.8 Å². The molecular weight excluding hydrogens is 318 g/mol. The topological polar surface area (TPSA) is 91.1 Å². The average Bonchev–Trinajstić information content (AvgIpc) is 3.14. The molecule has 0 saturated carbocycles. The largest absolute Gasteiger partial charge is 0.496 e. The molecule has 0 radical (unpaired) electrons. The quantitative estimate of drug-likeness (QED) is 0.741. The molecule has 0 bridgehead atoms. The van der Waals surface area contributed by atoms with Crippen LogP contribution in [-0.2, 0) is 11.2 Å². The van der Waals surface area contributed by atoms with Crippen molar-refractivity contribution < 1.29 is 9.53 Å². The second-order valence-electron chi connectivity index (χ2n) is 5.66. The molecule has 7 nitrogen and oxygen atoms in total. The molecule has 3 rings (SSSR count). The number of nitrogens with zero attached hydrogens (tertiary/aromatic N) is 4. The fourth-order valence-corrected chi connectivity index (χ4v) is 2.64. The van der Waals surface area contributed by atoms with Crippen LogP contribution in [0.4, 0.5) is 5.69 Å². The van der Waals surface area contributed by atoms with E-state index in [9.17, 15) is 4.79 Å². The van der Waals surface area contributed by atoms with Crippen molar-refractivity contribution in [3.8, 4) is 5.75 Å². The average molecular weight is 336 g/mol. The Morgan fingerprint density at radius 3 is 2.80 bits per heavy atom. The van der Waals surface area contributed by atoms with Gasteiger partial charge in [-0.3, -0.25) is 15.1 Å². The SMILES string of the molecule is COc1ccccc1C[C@H](C(=O)Nc1cccc(C)c1)c1nnn[n-]1. The first-order chi connectivity index (χ1) is 12.2. The van der Waals surface area contributed by atoms with E-state index >= 15 is 0 Å². The Kier molecular flexibility index (Phi) is 5.03. The monoisotopic (exact) mass is 336 g/mol. The van der Waals surface area contributed by atoms with Gasteiger partial charge < -0.3 is 15.2 Å². The summed E-state index contributed by atoms with van der Waals surface area (Å²) in [5.41, 5.74) is 2.67. The molecule has 0 aliphatic heterocycles. The van der Waals surface area contributed by atoms with Crippen LogP contribution in [0, 0.1) is 6.92 Å². The van der Waals surface area contributed by atoms with Gasteiger partial charge in [-0.2, -0.15) is 5.21 Å². The summed E-state index contributed by atoms with van der Waals surface area (Å²) in [7, 11) is 1.60. The summed E-state index contributed by atoms with van der Waals surface area (Å²) >= 11 is 0. The molecule has 3 aromatic rings. The van der Waals surface area contributed by atoms with Gasteiger partial charge in [-0.15, -0.1) is 0 Å². The van der Waals surface area contributed by atoms with E-state index in [-0.39, 0.29) is 11.7 Å². The molecule has 128 valence electrons. The lowest BCUT2D eigenvalue weighted by molar-refractivity contribution is -0.117. The van der Waals surface area contributed by atoms with Crippen LogP contribution >= 0.6 is 0 Å². The maximum atomic E-state index is 12.8. The maximum Gasteiger partial charge on any atom is 0.232 e. The molecule has 1 aromatic heterocycles. The molecule has 0 fully saturated rings. The number of benzene rings is 2. The van der Waals surface area contributed by atoms with E-state index in [0.29, 0.717) is 12.2 Å². The summed E-state index contributed by atoms with van der Waals surface area (Å²) in [5.74, 6) is 0.164. The minimum absolute atomic E-state index is 0.216. The zero-order valence-electron chi connectivity index (χ0n) is 14.0. The maximum absolute atomic E-state index is 12.8. The number of methoxy groups -OCH3 is 1. The van der Waals surface area contributed by atoms with Gasteiger partial charge in [-0.1, -0.05) is 30.3 Å². The van der Waals surface area contributed by atoms with Gasteiger partial charge in [0.25, 0.3) is 0 Å². The predicted molar refractivity (Wildman–Crippen MR) is 92.4 cm³/mol. The van der Waals surface area contributed by atoms with Crippen LogP contribution in [0.15, 0.2) is 48.5 Å². The number of ether oxygens (including phenoxy) is 1. The Morgan fingerprint density at radius 1 is 1.24 bits per heavy atom. The van der Waals surface area contributed by atoms with Gasteiger partial charge in [-0.05, 0) is 42.7 Å². The summed E-state index contributed by atoms with van der Waals surface area (Å²) in [5, 5.41) is 17.7. The highest BCUT2D eigenvalue weighted by molar-refractivity contribution is 5.95. The Labute approximate surface area is 145 Å². The molecule has 0 unspecified atom stereocenters. The normalized spacial score (nSPS) is 11.8. The summed E-state index contributed by atoms with van der Waals surface area (Å²) in [6, 6.07) is 15.1. The Hall–Kier alpha value is -3.22. The smallest absolute Gasteiger partial charge is 0.232 e. The molecule has 1 heterocycles. The van der Waals surface area contributed by atoms with Crippen molar-refractivity contribution in [2.45, 2.75) is 19.3 Å². The van der Waals surface area contributed by atoms with Crippen molar-refractivity contribution in [3.63, 3.8) is 0 Å². The van der Waals surface area contributed by atoms with Crippen LogP contribution in [0.3, 0.4) is 0 Å². The zero-order valence-corrected chi connectivity index (χ0v) is 14.0. The molecule has 2 aromatic carbocycles. The number of para-hydroxylation sites is 1. The first-order valence-electron chi connectivity index (χ1n) is 7.85. The van der Waals surface area contributed by atoms with Crippen molar-refractivity contribution in [1.29, 1.82) is 0 Å². The van der Waals surface area contributed by atoms with Gasteiger partial charge in [-0.25, -0.2) is 0 Å². The van der Waals surface area contributed by atoms with Gasteiger partial charge >= 0.3 is 0 Å². The van der Waals surface area contributed by atoms with Gasteiger partial charge in [0.2, 0.25) is 5.91 Å². The minimum atomic E-state index is -0.619. The van der Waals surface area contributed by atoms with E-state index in [1.54, 1.807) is 7.11 Å². The molecule has 0 aliphatic rings. The first kappa shape index (κ1) is 16.6. The number of carbonyl (C=O) groups excluding carboxylic acids is 1. The molecular formula is C18H18N5O2-. The Bertz CT molecular complexity index is 848. The number of carbonyl (C=O) groups is 1. The molecule has 0 saturated heterocycles. The molecule has 1 N–H and O–H groups in total. The van der Waals surface area contributed by atoms with E-state index in [2.05, 4.69) is 25.9 Å². The van der Waals surface area contributed by atoms with Gasteiger partial charge in [0.15, 0.2) is 0 Å². The standard InChI is InChI=1S/C18H19N5O2/c1-12-6-5-8-14(10-12)19-18(24)15(17-20-22-23-21-17)11-13-7-3-4-9-16(13)25-2/h3-10,15H,11H2,1-2H3,(H2,19,20,21,22,23,24)/p-1/t15-/m0/s1. The summed E-state index contributed by atoms with van der Waals surface area (Å²) in [4.78, 5) is 12.8. The predicted octanol–water partition coefficient (Wildman–Crippen LogP) is 2.11. The second-order valence-corrected chi connectivity index (χ2v) is 5.66. The number of tetrazole rings is 1. The molecule has 0 aliphatic carbocycles. The fourth-order valence-electron chi connectivity index (χ4n) is 2.64. The van der Waals surface area contributed by atoms with E-state index < -0.39 is 5.92 Å². The number of hydrogen-bond donors (Lipinski definition) is 1. The van der Waals surface area contributed by atoms with Crippen molar-refractivity contribution >= 4 is 11.6 Å². The lowest BCUT2D eigenvalue weighted by atomic mass is 9.97. The summed E-state index contributed by atoms with van der Waals surface area (Å²) in [6.07, 6.45) is 0.384. The van der Waals surface area contributed by atoms with Crippen LogP contribution in [0.2, 0.25) is 0 Å². The Morgan fingerprint density at radius 2 is 2.08 bits per heavy atom. The first-order valence-corrected chi connectivity index (χ1v) is 7.85. The van der Waals surface area contributed by atoms with Crippen molar-refractivity contribution in [2.24, 2.45) is 0 Å². The molecule has 1 atom stereocenters. The number of aromatic nitrogens is 4. The highest BCUT2D eigenvalue weighted by atomic mass is 16.5. The summed E-state index contributed by atoms with van der Waals surface area (Å²) < 4.78 is 5.37. The van der Waals surface area contributed by atoms with E-state index in [4.69, 9.17) is 4.74 Å². The molecule has 7 heteroatoms. The van der Waals surface area contributed by atoms with Crippen LogP contribution < -0.4 is 15.2 Å². The van der Waals surface area contributed by atoms with Crippen LogP contribution in [0.25, 0.3) is 0 Å². The minimum Gasteiger partial charge on any atom is -0.496 e. The fraction of sp³-hybridized carbons (Fsp3) is 0.222. The lowest BCUT2D eigenvalue weighted by Crippen LogP contribution is -2.24. The molecule has 0 spiro atoms. The van der Waals surface area contributed by atoms with Crippen LogP contribution in [0.1, 0.15) is 22.9 Å². The number of hydrogen-bond acceptors (Lipinski definition) is 5. The van der Waals surface area contributed by atoms with Crippen molar-refractivity contribution in [3.05, 3.63) is 65.5 Å². The highest BCUT2D eigenvalue weighted by Crippen LogP contribution is 2.25.